The van der Waals surface area contributed by atoms with Crippen molar-refractivity contribution in [2.45, 2.75) is 75.1 Å². The van der Waals surface area contributed by atoms with Gasteiger partial charge in [0.05, 0.1) is 11.2 Å². The van der Waals surface area contributed by atoms with Gasteiger partial charge in [0.25, 0.3) is 0 Å². The lowest BCUT2D eigenvalue weighted by Gasteiger charge is -2.33. The second-order valence-corrected chi connectivity index (χ2v) is 9.88. The molecule has 4 heteroatoms. The quantitative estimate of drug-likeness (QED) is 0.741. The molecule has 2 nitrogen and oxygen atoms in total. The van der Waals surface area contributed by atoms with E-state index < -0.39 is 0 Å². The van der Waals surface area contributed by atoms with E-state index in [4.69, 9.17) is 9.31 Å². The highest BCUT2D eigenvalue weighted by atomic mass is 32.2. The molecule has 2 saturated heterocycles. The topological polar surface area (TPSA) is 18.5 Å². The summed E-state index contributed by atoms with van der Waals surface area (Å²) < 4.78 is 12.3. The van der Waals surface area contributed by atoms with Gasteiger partial charge in [-0.25, -0.2) is 0 Å². The van der Waals surface area contributed by atoms with Gasteiger partial charge in [-0.2, -0.15) is 11.8 Å². The van der Waals surface area contributed by atoms with Crippen LogP contribution in [0.4, 0.5) is 0 Å². The maximum atomic E-state index is 6.16. The van der Waals surface area contributed by atoms with E-state index in [1.54, 1.807) is 0 Å². The van der Waals surface area contributed by atoms with Gasteiger partial charge in [-0.05, 0) is 63.6 Å². The number of benzene rings is 1. The van der Waals surface area contributed by atoms with Crippen molar-refractivity contribution in [2.75, 3.05) is 0 Å². The smallest absolute Gasteiger partial charge is 0.399 e. The van der Waals surface area contributed by atoms with Crippen LogP contribution in [0.1, 0.15) is 58.9 Å². The first-order valence-electron chi connectivity index (χ1n) is 9.16. The Hall–Kier alpha value is -0.705. The molecule has 0 aromatic heterocycles. The van der Waals surface area contributed by atoms with Crippen LogP contribution in [0, 0.1) is 0 Å². The fourth-order valence-corrected chi connectivity index (χ4v) is 5.41. The molecule has 0 spiro atoms. The molecule has 2 unspecified atom stereocenters. The normalized spacial score (nSPS) is 31.0. The van der Waals surface area contributed by atoms with E-state index in [-0.39, 0.29) is 18.3 Å². The molecule has 1 aromatic carbocycles. The minimum atomic E-state index is -0.281. The van der Waals surface area contributed by atoms with Crippen molar-refractivity contribution in [3.63, 3.8) is 0 Å². The fraction of sp³-hybridized carbons (Fsp3) is 0.600. The number of thioether (sulfide) groups is 1. The van der Waals surface area contributed by atoms with Gasteiger partial charge in [-0.3, -0.25) is 0 Å². The molecular formula is C20H27BO2S. The summed E-state index contributed by atoms with van der Waals surface area (Å²) in [6.45, 7) is 8.41. The van der Waals surface area contributed by atoms with Crippen molar-refractivity contribution in [2.24, 2.45) is 0 Å². The molecule has 3 heterocycles. The Kier molecular flexibility index (Phi) is 4.14. The Morgan fingerprint density at radius 2 is 1.67 bits per heavy atom. The maximum Gasteiger partial charge on any atom is 0.494 e. The summed E-state index contributed by atoms with van der Waals surface area (Å²) in [4.78, 5) is 0. The zero-order valence-corrected chi connectivity index (χ0v) is 16.0. The lowest BCUT2D eigenvalue weighted by atomic mass is 9.78. The van der Waals surface area contributed by atoms with Gasteiger partial charge in [0, 0.05) is 10.5 Å². The molecule has 2 bridgehead atoms. The molecule has 4 rings (SSSR count). The van der Waals surface area contributed by atoms with E-state index in [0.29, 0.717) is 0 Å². The van der Waals surface area contributed by atoms with E-state index in [1.165, 1.54) is 36.8 Å². The Balaban J connectivity index is 1.53. The van der Waals surface area contributed by atoms with Crippen LogP contribution < -0.4 is 5.46 Å². The molecule has 2 atom stereocenters. The molecule has 3 aliphatic rings. The summed E-state index contributed by atoms with van der Waals surface area (Å²) >= 11 is 2.18. The highest BCUT2D eigenvalue weighted by Gasteiger charge is 2.51. The first-order valence-corrected chi connectivity index (χ1v) is 10.1. The lowest BCUT2D eigenvalue weighted by molar-refractivity contribution is 0.00578. The number of hydrogen-bond acceptors (Lipinski definition) is 3. The Morgan fingerprint density at radius 1 is 1.00 bits per heavy atom. The van der Waals surface area contributed by atoms with Crippen LogP contribution in [-0.4, -0.2) is 28.8 Å². The minimum Gasteiger partial charge on any atom is -0.399 e. The zero-order chi connectivity index (χ0) is 16.9. The summed E-state index contributed by atoms with van der Waals surface area (Å²) in [5.41, 5.74) is 3.45. The summed E-state index contributed by atoms with van der Waals surface area (Å²) in [6.07, 6.45) is 7.84. The van der Waals surface area contributed by atoms with Gasteiger partial charge in [0.1, 0.15) is 0 Å². The Labute approximate surface area is 150 Å². The predicted octanol–water partition coefficient (Wildman–Crippen LogP) is 4.43. The van der Waals surface area contributed by atoms with Crippen LogP contribution in [0.15, 0.2) is 30.3 Å². The Morgan fingerprint density at radius 3 is 2.29 bits per heavy atom. The van der Waals surface area contributed by atoms with Crippen LogP contribution in [0.2, 0.25) is 0 Å². The molecule has 0 aliphatic carbocycles. The van der Waals surface area contributed by atoms with E-state index in [9.17, 15) is 0 Å². The lowest BCUT2D eigenvalue weighted by Crippen LogP contribution is -2.41. The monoisotopic (exact) mass is 342 g/mol. The van der Waals surface area contributed by atoms with E-state index in [0.717, 1.165) is 16.0 Å². The van der Waals surface area contributed by atoms with E-state index in [1.807, 2.05) is 0 Å². The van der Waals surface area contributed by atoms with Crippen molar-refractivity contribution < 1.29 is 9.31 Å². The van der Waals surface area contributed by atoms with Crippen molar-refractivity contribution in [3.8, 4) is 0 Å². The van der Waals surface area contributed by atoms with Crippen LogP contribution >= 0.6 is 11.8 Å². The van der Waals surface area contributed by atoms with Gasteiger partial charge in [0.2, 0.25) is 0 Å². The minimum absolute atomic E-state index is 0.265. The SMILES string of the molecule is CC1(C)OB(c2ccc(C3=CC4CCCC(C3)S4)cc2)OC1(C)C. The van der Waals surface area contributed by atoms with Gasteiger partial charge >= 0.3 is 7.12 Å². The standard InChI is InChI=1S/C20H27BO2S/c1-19(2)20(3,4)23-21(22-19)16-10-8-14(9-11-16)15-12-17-6-5-7-18(13-15)24-17/h8-12,17-18H,5-7,13H2,1-4H3. The van der Waals surface area contributed by atoms with Crippen LogP contribution in [0.5, 0.6) is 0 Å². The summed E-state index contributed by atoms with van der Waals surface area (Å²) in [5.74, 6) is 0. The molecule has 0 N–H and O–H groups in total. The molecule has 0 saturated carbocycles. The summed E-state index contributed by atoms with van der Waals surface area (Å²) in [7, 11) is -0.265. The van der Waals surface area contributed by atoms with Gasteiger partial charge in [-0.1, -0.05) is 36.8 Å². The first-order chi connectivity index (χ1) is 11.3. The zero-order valence-electron chi connectivity index (χ0n) is 15.2. The highest BCUT2D eigenvalue weighted by Crippen LogP contribution is 2.43. The highest BCUT2D eigenvalue weighted by molar-refractivity contribution is 8.00. The van der Waals surface area contributed by atoms with Gasteiger partial charge < -0.3 is 9.31 Å². The molecular weight excluding hydrogens is 315 g/mol. The largest absolute Gasteiger partial charge is 0.494 e. The van der Waals surface area contributed by atoms with Crippen LogP contribution in [0.25, 0.3) is 5.57 Å². The Bertz CT molecular complexity index is 634. The molecule has 3 aliphatic heterocycles. The van der Waals surface area contributed by atoms with Crippen LogP contribution in [-0.2, 0) is 9.31 Å². The van der Waals surface area contributed by atoms with Gasteiger partial charge in [-0.15, -0.1) is 0 Å². The number of rotatable bonds is 2. The van der Waals surface area contributed by atoms with Crippen molar-refractivity contribution in [1.29, 1.82) is 0 Å². The number of allylic oxidation sites excluding steroid dienone is 1. The average Bonchev–Trinajstić information content (AvgIpc) is 2.75. The first kappa shape index (κ1) is 16.7. The van der Waals surface area contributed by atoms with E-state index in [2.05, 4.69) is 69.8 Å². The summed E-state index contributed by atoms with van der Waals surface area (Å²) in [6, 6.07) is 8.85. The van der Waals surface area contributed by atoms with E-state index >= 15 is 0 Å². The number of fused-ring (bicyclic) bond motifs is 2. The predicted molar refractivity (Wildman–Crippen MR) is 104 cm³/mol. The van der Waals surface area contributed by atoms with Crippen molar-refractivity contribution in [3.05, 3.63) is 35.9 Å². The van der Waals surface area contributed by atoms with Crippen LogP contribution in [0.3, 0.4) is 0 Å². The van der Waals surface area contributed by atoms with Crippen molar-refractivity contribution in [1.82, 2.24) is 0 Å². The maximum absolute atomic E-state index is 6.16. The number of hydrogen-bond donors (Lipinski definition) is 0. The summed E-state index contributed by atoms with van der Waals surface area (Å²) in [5, 5.41) is 1.56. The molecule has 1 aromatic rings. The molecule has 128 valence electrons. The second kappa shape index (κ2) is 5.93. The molecule has 0 amide bonds. The fourth-order valence-electron chi connectivity index (χ4n) is 3.79. The molecule has 2 fully saturated rings. The third-order valence-corrected chi connectivity index (χ3v) is 7.53. The molecule has 0 radical (unpaired) electrons. The second-order valence-electron chi connectivity index (χ2n) is 8.33. The third-order valence-electron chi connectivity index (χ3n) is 6.02. The van der Waals surface area contributed by atoms with Gasteiger partial charge in [0.15, 0.2) is 0 Å². The van der Waals surface area contributed by atoms with Crippen molar-refractivity contribution >= 4 is 29.9 Å². The third kappa shape index (κ3) is 2.98. The average molecular weight is 342 g/mol. The molecule has 24 heavy (non-hydrogen) atoms.